The van der Waals surface area contributed by atoms with E-state index >= 15 is 0 Å². The van der Waals surface area contributed by atoms with Crippen molar-refractivity contribution in [3.63, 3.8) is 0 Å². The maximum absolute atomic E-state index is 14.3. The van der Waals surface area contributed by atoms with Gasteiger partial charge in [0.05, 0.1) is 5.56 Å². The number of benzene rings is 2. The van der Waals surface area contributed by atoms with Crippen molar-refractivity contribution >= 4 is 17.5 Å². The fourth-order valence-electron chi connectivity index (χ4n) is 2.97. The number of halogens is 2. The summed E-state index contributed by atoms with van der Waals surface area (Å²) < 4.78 is 14.3. The normalized spacial score (nSPS) is 17.0. The Balaban J connectivity index is 1.63. The van der Waals surface area contributed by atoms with Crippen molar-refractivity contribution < 1.29 is 9.18 Å². The van der Waals surface area contributed by atoms with Crippen LogP contribution in [-0.4, -0.2) is 25.5 Å². The Morgan fingerprint density at radius 2 is 1.96 bits per heavy atom. The van der Waals surface area contributed by atoms with Crippen LogP contribution in [0.3, 0.4) is 0 Å². The molecule has 126 valence electrons. The number of carbonyl (C=O) groups is 1. The molecule has 1 saturated heterocycles. The molecule has 3 nitrogen and oxygen atoms in total. The first-order chi connectivity index (χ1) is 11.6. The molecular formula is C19H20ClFN2O. The zero-order chi connectivity index (χ0) is 16.9. The van der Waals surface area contributed by atoms with E-state index in [0.29, 0.717) is 17.5 Å². The van der Waals surface area contributed by atoms with Crippen LogP contribution in [0.5, 0.6) is 0 Å². The lowest BCUT2D eigenvalue weighted by molar-refractivity contribution is 0.0947. The molecule has 2 aromatic rings. The van der Waals surface area contributed by atoms with E-state index in [1.807, 2.05) is 12.1 Å². The molecule has 24 heavy (non-hydrogen) atoms. The number of hydrogen-bond donors (Lipinski definition) is 2. The molecule has 0 aromatic heterocycles. The molecule has 0 spiro atoms. The van der Waals surface area contributed by atoms with Crippen LogP contribution in [-0.2, 0) is 0 Å². The van der Waals surface area contributed by atoms with Crippen LogP contribution in [0.2, 0.25) is 5.02 Å². The monoisotopic (exact) mass is 346 g/mol. The van der Waals surface area contributed by atoms with Crippen molar-refractivity contribution in [3.8, 4) is 11.1 Å². The zero-order valence-electron chi connectivity index (χ0n) is 13.3. The summed E-state index contributed by atoms with van der Waals surface area (Å²) in [5, 5.41) is 6.74. The smallest absolute Gasteiger partial charge is 0.254 e. The van der Waals surface area contributed by atoms with Crippen molar-refractivity contribution in [2.45, 2.75) is 12.8 Å². The largest absolute Gasteiger partial charge is 0.352 e. The molecule has 1 amide bonds. The van der Waals surface area contributed by atoms with Gasteiger partial charge in [-0.15, -0.1) is 0 Å². The van der Waals surface area contributed by atoms with Crippen molar-refractivity contribution in [1.82, 2.24) is 10.6 Å². The lowest BCUT2D eigenvalue weighted by atomic mass is 10.0. The van der Waals surface area contributed by atoms with Gasteiger partial charge in [-0.3, -0.25) is 4.79 Å². The van der Waals surface area contributed by atoms with Gasteiger partial charge in [0.1, 0.15) is 5.82 Å². The highest BCUT2D eigenvalue weighted by Crippen LogP contribution is 2.23. The van der Waals surface area contributed by atoms with Crippen LogP contribution in [0, 0.1) is 11.7 Å². The Bertz CT molecular complexity index is 712. The molecule has 1 aliphatic rings. The second-order valence-electron chi connectivity index (χ2n) is 6.10. The van der Waals surface area contributed by atoms with Crippen LogP contribution >= 0.6 is 11.6 Å². The standard InChI is InChI=1S/C19H20ClFN2O/c20-16-4-1-14(2-5-16)15-3-6-17(18(21)11-15)19(24)23-10-8-13-7-9-22-12-13/h1-6,11,13,22H,7-10,12H2,(H,23,24). The molecular weight excluding hydrogens is 327 g/mol. The molecule has 3 rings (SSSR count). The van der Waals surface area contributed by atoms with Gasteiger partial charge in [-0.1, -0.05) is 29.8 Å². The first-order valence-electron chi connectivity index (χ1n) is 8.18. The Morgan fingerprint density at radius 3 is 2.62 bits per heavy atom. The summed E-state index contributed by atoms with van der Waals surface area (Å²) in [6.45, 7) is 2.61. The molecule has 1 atom stereocenters. The van der Waals surface area contributed by atoms with Gasteiger partial charge in [0.15, 0.2) is 0 Å². The lowest BCUT2D eigenvalue weighted by Crippen LogP contribution is -2.27. The van der Waals surface area contributed by atoms with Crippen molar-refractivity contribution in [3.05, 3.63) is 58.9 Å². The van der Waals surface area contributed by atoms with E-state index in [1.54, 1.807) is 18.2 Å². The van der Waals surface area contributed by atoms with Gasteiger partial charge in [0, 0.05) is 11.6 Å². The van der Waals surface area contributed by atoms with E-state index in [0.717, 1.165) is 37.1 Å². The molecule has 0 saturated carbocycles. The highest BCUT2D eigenvalue weighted by atomic mass is 35.5. The SMILES string of the molecule is O=C(NCCC1CCNC1)c1ccc(-c2ccc(Cl)cc2)cc1F. The molecule has 1 fully saturated rings. The minimum atomic E-state index is -0.512. The minimum Gasteiger partial charge on any atom is -0.352 e. The third-order valence-corrected chi connectivity index (χ3v) is 4.64. The van der Waals surface area contributed by atoms with Gasteiger partial charge < -0.3 is 10.6 Å². The van der Waals surface area contributed by atoms with Crippen LogP contribution in [0.1, 0.15) is 23.2 Å². The number of amides is 1. The Kier molecular flexibility index (Phi) is 5.48. The number of nitrogens with one attached hydrogen (secondary N) is 2. The predicted molar refractivity (Wildman–Crippen MR) is 94.8 cm³/mol. The highest BCUT2D eigenvalue weighted by molar-refractivity contribution is 6.30. The average molecular weight is 347 g/mol. The first-order valence-corrected chi connectivity index (χ1v) is 8.55. The van der Waals surface area contributed by atoms with Gasteiger partial charge >= 0.3 is 0 Å². The third-order valence-electron chi connectivity index (χ3n) is 4.39. The van der Waals surface area contributed by atoms with E-state index in [-0.39, 0.29) is 11.5 Å². The highest BCUT2D eigenvalue weighted by Gasteiger charge is 2.16. The van der Waals surface area contributed by atoms with E-state index in [9.17, 15) is 9.18 Å². The fourth-order valence-corrected chi connectivity index (χ4v) is 3.09. The molecule has 1 unspecified atom stereocenters. The zero-order valence-corrected chi connectivity index (χ0v) is 14.1. The molecule has 2 aromatic carbocycles. The van der Waals surface area contributed by atoms with Gasteiger partial charge in [-0.05, 0) is 67.2 Å². The molecule has 2 N–H and O–H groups in total. The van der Waals surface area contributed by atoms with Gasteiger partial charge in [0.2, 0.25) is 0 Å². The second kappa shape index (κ2) is 7.77. The molecule has 0 radical (unpaired) electrons. The van der Waals surface area contributed by atoms with Crippen LogP contribution < -0.4 is 10.6 Å². The van der Waals surface area contributed by atoms with Crippen molar-refractivity contribution in [2.75, 3.05) is 19.6 Å². The number of carbonyl (C=O) groups excluding carboxylic acids is 1. The molecule has 1 heterocycles. The van der Waals surface area contributed by atoms with Crippen LogP contribution in [0.15, 0.2) is 42.5 Å². The van der Waals surface area contributed by atoms with E-state index < -0.39 is 5.82 Å². The van der Waals surface area contributed by atoms with Gasteiger partial charge in [-0.2, -0.15) is 0 Å². The van der Waals surface area contributed by atoms with Gasteiger partial charge in [-0.25, -0.2) is 4.39 Å². The van der Waals surface area contributed by atoms with E-state index in [1.165, 1.54) is 12.1 Å². The third kappa shape index (κ3) is 4.13. The minimum absolute atomic E-state index is 0.0808. The first kappa shape index (κ1) is 16.9. The van der Waals surface area contributed by atoms with Crippen molar-refractivity contribution in [1.29, 1.82) is 0 Å². The molecule has 0 aliphatic carbocycles. The van der Waals surface area contributed by atoms with Crippen molar-refractivity contribution in [2.24, 2.45) is 5.92 Å². The maximum Gasteiger partial charge on any atom is 0.254 e. The number of hydrogen-bond acceptors (Lipinski definition) is 2. The van der Waals surface area contributed by atoms with Crippen LogP contribution in [0.4, 0.5) is 4.39 Å². The molecule has 1 aliphatic heterocycles. The Morgan fingerprint density at radius 1 is 1.21 bits per heavy atom. The summed E-state index contributed by atoms with van der Waals surface area (Å²) in [6, 6.07) is 11.8. The molecule has 5 heteroatoms. The summed E-state index contributed by atoms with van der Waals surface area (Å²) in [4.78, 5) is 12.1. The summed E-state index contributed by atoms with van der Waals surface area (Å²) in [7, 11) is 0. The summed E-state index contributed by atoms with van der Waals surface area (Å²) in [5.74, 6) is -0.272. The lowest BCUT2D eigenvalue weighted by Gasteiger charge is -2.10. The van der Waals surface area contributed by atoms with E-state index in [2.05, 4.69) is 10.6 Å². The topological polar surface area (TPSA) is 41.1 Å². The predicted octanol–water partition coefficient (Wildman–Crippen LogP) is 3.88. The Labute approximate surface area is 146 Å². The Hall–Kier alpha value is -1.91. The fraction of sp³-hybridized carbons (Fsp3) is 0.316. The second-order valence-corrected chi connectivity index (χ2v) is 6.54. The number of rotatable bonds is 5. The van der Waals surface area contributed by atoms with Crippen LogP contribution in [0.25, 0.3) is 11.1 Å². The quantitative estimate of drug-likeness (QED) is 0.862. The molecule has 0 bridgehead atoms. The maximum atomic E-state index is 14.3. The average Bonchev–Trinajstić information content (AvgIpc) is 3.08. The summed E-state index contributed by atoms with van der Waals surface area (Å²) in [6.07, 6.45) is 2.06. The summed E-state index contributed by atoms with van der Waals surface area (Å²) >= 11 is 5.86. The summed E-state index contributed by atoms with van der Waals surface area (Å²) in [5.41, 5.74) is 1.66. The van der Waals surface area contributed by atoms with Gasteiger partial charge in [0.25, 0.3) is 5.91 Å². The van der Waals surface area contributed by atoms with E-state index in [4.69, 9.17) is 11.6 Å².